The predicted octanol–water partition coefficient (Wildman–Crippen LogP) is 1.89. The van der Waals surface area contributed by atoms with Gasteiger partial charge in [0.05, 0.1) is 11.8 Å². The van der Waals surface area contributed by atoms with Crippen LogP contribution in [-0.2, 0) is 6.42 Å². The van der Waals surface area contributed by atoms with Crippen molar-refractivity contribution in [2.24, 2.45) is 0 Å². The summed E-state index contributed by atoms with van der Waals surface area (Å²) in [6.45, 7) is 1.96. The summed E-state index contributed by atoms with van der Waals surface area (Å²) in [5.74, 6) is 1.23. The normalized spacial score (nSPS) is 10.4. The second kappa shape index (κ2) is 2.81. The molecule has 0 atom stereocenters. The van der Waals surface area contributed by atoms with Crippen LogP contribution in [-0.4, -0.2) is 10.1 Å². The van der Waals surface area contributed by atoms with Crippen LogP contribution >= 0.6 is 0 Å². The lowest BCUT2D eigenvalue weighted by Crippen LogP contribution is -1.78. The Morgan fingerprint density at radius 2 is 2.42 bits per heavy atom. The van der Waals surface area contributed by atoms with Crippen molar-refractivity contribution in [3.8, 4) is 11.4 Å². The van der Waals surface area contributed by atoms with Gasteiger partial charge in [0, 0.05) is 6.42 Å². The van der Waals surface area contributed by atoms with Gasteiger partial charge in [-0.3, -0.25) is 0 Å². The summed E-state index contributed by atoms with van der Waals surface area (Å²) in [6.07, 6.45) is 3.92. The molecule has 0 unspecified atom stereocenters. The van der Waals surface area contributed by atoms with Crippen molar-refractivity contribution >= 4 is 0 Å². The van der Waals surface area contributed by atoms with Crippen LogP contribution in [0.5, 0.6) is 0 Å². The van der Waals surface area contributed by atoms with Gasteiger partial charge in [0.25, 0.3) is 0 Å². The minimum absolute atomic E-state index is 0.584. The first-order valence-corrected chi connectivity index (χ1v) is 3.75. The third-order valence-electron chi connectivity index (χ3n) is 1.55. The Balaban J connectivity index is 2.35. The van der Waals surface area contributed by atoms with E-state index in [1.807, 2.05) is 6.92 Å². The standard InChI is InChI=1S/C8H8N2O2/c1-2-7-9-8(10-12-7)6-3-4-11-5-6/h3-5H,2H2,1H3. The fourth-order valence-electron chi connectivity index (χ4n) is 0.907. The molecular formula is C8H8N2O2. The zero-order valence-electron chi connectivity index (χ0n) is 6.65. The van der Waals surface area contributed by atoms with Gasteiger partial charge in [-0.15, -0.1) is 0 Å². The average molecular weight is 164 g/mol. The lowest BCUT2D eigenvalue weighted by Gasteiger charge is -1.80. The van der Waals surface area contributed by atoms with Crippen LogP contribution in [0.25, 0.3) is 11.4 Å². The Hall–Kier alpha value is -1.58. The zero-order valence-corrected chi connectivity index (χ0v) is 6.65. The largest absolute Gasteiger partial charge is 0.472 e. The van der Waals surface area contributed by atoms with Gasteiger partial charge in [-0.25, -0.2) is 0 Å². The van der Waals surface area contributed by atoms with Gasteiger partial charge >= 0.3 is 0 Å². The van der Waals surface area contributed by atoms with E-state index in [-0.39, 0.29) is 0 Å². The van der Waals surface area contributed by atoms with Gasteiger partial charge in [0.2, 0.25) is 11.7 Å². The van der Waals surface area contributed by atoms with Crippen molar-refractivity contribution in [1.82, 2.24) is 10.1 Å². The van der Waals surface area contributed by atoms with E-state index in [1.165, 1.54) is 0 Å². The number of aromatic nitrogens is 2. The summed E-state index contributed by atoms with van der Waals surface area (Å²) < 4.78 is 9.82. The highest BCUT2D eigenvalue weighted by Crippen LogP contribution is 2.15. The molecular weight excluding hydrogens is 156 g/mol. The van der Waals surface area contributed by atoms with Crippen LogP contribution in [0.3, 0.4) is 0 Å². The van der Waals surface area contributed by atoms with Gasteiger partial charge in [0.15, 0.2) is 0 Å². The van der Waals surface area contributed by atoms with Gasteiger partial charge in [-0.05, 0) is 6.07 Å². The molecule has 0 spiro atoms. The van der Waals surface area contributed by atoms with E-state index in [0.29, 0.717) is 11.7 Å². The molecule has 4 nitrogen and oxygen atoms in total. The van der Waals surface area contributed by atoms with Crippen LogP contribution in [0.1, 0.15) is 12.8 Å². The average Bonchev–Trinajstić information content (AvgIpc) is 2.75. The Kier molecular flexibility index (Phi) is 1.66. The topological polar surface area (TPSA) is 52.1 Å². The van der Waals surface area contributed by atoms with E-state index in [1.54, 1.807) is 18.6 Å². The highest BCUT2D eigenvalue weighted by atomic mass is 16.5. The number of nitrogens with zero attached hydrogens (tertiary/aromatic N) is 2. The molecule has 0 radical (unpaired) electrons. The summed E-state index contributed by atoms with van der Waals surface area (Å²) in [4.78, 5) is 4.13. The second-order valence-electron chi connectivity index (χ2n) is 2.38. The summed E-state index contributed by atoms with van der Waals surface area (Å²) in [6, 6.07) is 1.80. The third kappa shape index (κ3) is 1.11. The number of furan rings is 1. The molecule has 0 aliphatic heterocycles. The van der Waals surface area contributed by atoms with Gasteiger partial charge in [-0.1, -0.05) is 12.1 Å². The van der Waals surface area contributed by atoms with Crippen LogP contribution in [0.4, 0.5) is 0 Å². The first kappa shape index (κ1) is 7.09. The van der Waals surface area contributed by atoms with Crippen molar-refractivity contribution in [3.63, 3.8) is 0 Å². The van der Waals surface area contributed by atoms with Gasteiger partial charge in [-0.2, -0.15) is 4.98 Å². The van der Waals surface area contributed by atoms with Crippen LogP contribution in [0.15, 0.2) is 27.5 Å². The van der Waals surface area contributed by atoms with Crippen molar-refractivity contribution < 1.29 is 8.94 Å². The molecule has 2 heterocycles. The number of hydrogen-bond acceptors (Lipinski definition) is 4. The Morgan fingerprint density at radius 3 is 3.00 bits per heavy atom. The second-order valence-corrected chi connectivity index (χ2v) is 2.38. The van der Waals surface area contributed by atoms with E-state index >= 15 is 0 Å². The molecule has 2 rings (SSSR count). The highest BCUT2D eigenvalue weighted by molar-refractivity contribution is 5.51. The van der Waals surface area contributed by atoms with Crippen molar-refractivity contribution in [3.05, 3.63) is 24.5 Å². The third-order valence-corrected chi connectivity index (χ3v) is 1.55. The number of hydrogen-bond donors (Lipinski definition) is 0. The van der Waals surface area contributed by atoms with E-state index in [2.05, 4.69) is 10.1 Å². The van der Waals surface area contributed by atoms with Crippen LogP contribution < -0.4 is 0 Å². The fourth-order valence-corrected chi connectivity index (χ4v) is 0.907. The lowest BCUT2D eigenvalue weighted by molar-refractivity contribution is 0.382. The molecule has 62 valence electrons. The molecule has 0 amide bonds. The molecule has 0 saturated carbocycles. The first-order chi connectivity index (χ1) is 5.90. The zero-order chi connectivity index (χ0) is 8.39. The van der Waals surface area contributed by atoms with Crippen LogP contribution in [0.2, 0.25) is 0 Å². The maximum atomic E-state index is 4.93. The summed E-state index contributed by atoms with van der Waals surface area (Å²) in [5.41, 5.74) is 0.846. The predicted molar refractivity (Wildman–Crippen MR) is 41.4 cm³/mol. The summed E-state index contributed by atoms with van der Waals surface area (Å²) in [7, 11) is 0. The molecule has 4 heteroatoms. The summed E-state index contributed by atoms with van der Waals surface area (Å²) in [5, 5.41) is 3.78. The van der Waals surface area contributed by atoms with E-state index in [0.717, 1.165) is 12.0 Å². The van der Waals surface area contributed by atoms with Crippen molar-refractivity contribution in [2.45, 2.75) is 13.3 Å². The van der Waals surface area contributed by atoms with E-state index in [9.17, 15) is 0 Å². The molecule has 2 aromatic rings. The molecule has 0 saturated heterocycles. The van der Waals surface area contributed by atoms with E-state index in [4.69, 9.17) is 8.94 Å². The SMILES string of the molecule is CCc1nc(-c2ccoc2)no1. The molecule has 0 fully saturated rings. The quantitative estimate of drug-likeness (QED) is 0.680. The van der Waals surface area contributed by atoms with Gasteiger partial charge in [0.1, 0.15) is 6.26 Å². The van der Waals surface area contributed by atoms with Crippen molar-refractivity contribution in [1.29, 1.82) is 0 Å². The lowest BCUT2D eigenvalue weighted by atomic mass is 10.3. The fraction of sp³-hybridized carbons (Fsp3) is 0.250. The van der Waals surface area contributed by atoms with Crippen molar-refractivity contribution in [2.75, 3.05) is 0 Å². The Labute approximate surface area is 69.2 Å². The Morgan fingerprint density at radius 1 is 1.50 bits per heavy atom. The Bertz CT molecular complexity index is 351. The minimum Gasteiger partial charge on any atom is -0.472 e. The monoisotopic (exact) mass is 164 g/mol. The molecule has 0 aliphatic carbocycles. The molecule has 0 N–H and O–H groups in total. The number of aryl methyl sites for hydroxylation is 1. The number of rotatable bonds is 2. The summed E-state index contributed by atoms with van der Waals surface area (Å²) >= 11 is 0. The van der Waals surface area contributed by atoms with Gasteiger partial charge < -0.3 is 8.94 Å². The maximum absolute atomic E-state index is 4.93. The van der Waals surface area contributed by atoms with Crippen LogP contribution in [0, 0.1) is 0 Å². The first-order valence-electron chi connectivity index (χ1n) is 3.75. The molecule has 0 aromatic carbocycles. The molecule has 0 bridgehead atoms. The van der Waals surface area contributed by atoms with E-state index < -0.39 is 0 Å². The molecule has 0 aliphatic rings. The molecule has 12 heavy (non-hydrogen) atoms. The highest BCUT2D eigenvalue weighted by Gasteiger charge is 2.06. The minimum atomic E-state index is 0.584. The smallest absolute Gasteiger partial charge is 0.226 e. The molecule has 2 aromatic heterocycles. The maximum Gasteiger partial charge on any atom is 0.226 e.